The molecule has 0 saturated carbocycles. The molecule has 1 heterocycles. The number of rotatable bonds is 6. The Hall–Kier alpha value is -3.97. The van der Waals surface area contributed by atoms with E-state index in [4.69, 9.17) is 0 Å². The monoisotopic (exact) mass is 444 g/mol. The molecular weight excluding hydrogens is 419 g/mol. The first-order chi connectivity index (χ1) is 15.8. The topological polar surface area (TPSA) is 64.7 Å². The fourth-order valence-corrected chi connectivity index (χ4v) is 3.71. The van der Waals surface area contributed by atoms with E-state index in [-0.39, 0.29) is 11.8 Å². The minimum absolute atomic E-state index is 0.0146. The number of nitrogens with one attached hydrogen (secondary N) is 2. The third-order valence-corrected chi connectivity index (χ3v) is 5.39. The maximum absolute atomic E-state index is 13.7. The van der Waals surface area contributed by atoms with Crippen molar-refractivity contribution in [2.45, 2.75) is 0 Å². The molecule has 0 atom stereocenters. The summed E-state index contributed by atoms with van der Waals surface area (Å²) in [4.78, 5) is 28.6. The molecule has 3 aromatic rings. The Morgan fingerprint density at radius 1 is 0.970 bits per heavy atom. The lowest BCUT2D eigenvalue weighted by molar-refractivity contribution is -0.119. The van der Waals surface area contributed by atoms with Gasteiger partial charge in [-0.05, 0) is 62.1 Å². The Morgan fingerprint density at radius 2 is 1.67 bits per heavy atom. The Bertz CT molecular complexity index is 1220. The zero-order valence-electron chi connectivity index (χ0n) is 18.7. The minimum Gasteiger partial charge on any atom is -0.354 e. The number of hydrogen-bond donors (Lipinski definition) is 2. The van der Waals surface area contributed by atoms with Crippen LogP contribution in [0.4, 0.5) is 21.5 Å². The Morgan fingerprint density at radius 3 is 2.33 bits per heavy atom. The van der Waals surface area contributed by atoms with Gasteiger partial charge in [-0.2, -0.15) is 0 Å². The predicted molar refractivity (Wildman–Crippen MR) is 130 cm³/mol. The average molecular weight is 445 g/mol. The average Bonchev–Trinajstić information content (AvgIpc) is 3.12. The van der Waals surface area contributed by atoms with Gasteiger partial charge in [-0.15, -0.1) is 0 Å². The third-order valence-electron chi connectivity index (χ3n) is 5.39. The van der Waals surface area contributed by atoms with Gasteiger partial charge in [0, 0.05) is 24.0 Å². The molecule has 0 fully saturated rings. The van der Waals surface area contributed by atoms with Crippen LogP contribution in [0.1, 0.15) is 11.1 Å². The normalized spacial score (nSPS) is 14.0. The van der Waals surface area contributed by atoms with Crippen LogP contribution in [0.2, 0.25) is 0 Å². The van der Waals surface area contributed by atoms with Crippen LogP contribution in [-0.2, 0) is 9.59 Å². The number of carbonyl (C=O) groups excluding carboxylic acids is 2. The molecule has 3 aromatic carbocycles. The van der Waals surface area contributed by atoms with Crippen LogP contribution in [0.5, 0.6) is 0 Å². The number of fused-ring (bicyclic) bond motifs is 1. The van der Waals surface area contributed by atoms with Crippen LogP contribution < -0.4 is 15.5 Å². The minimum atomic E-state index is -0.409. The van der Waals surface area contributed by atoms with Crippen LogP contribution in [0.15, 0.2) is 72.8 Å². The molecule has 6 nitrogen and oxygen atoms in total. The zero-order valence-corrected chi connectivity index (χ0v) is 18.7. The molecule has 0 saturated heterocycles. The molecule has 2 N–H and O–H groups in total. The second-order valence-corrected chi connectivity index (χ2v) is 8.12. The van der Waals surface area contributed by atoms with E-state index >= 15 is 0 Å². The van der Waals surface area contributed by atoms with Gasteiger partial charge in [0.05, 0.1) is 23.5 Å². The molecular formula is C26H25FN4O2. The van der Waals surface area contributed by atoms with Crippen LogP contribution >= 0.6 is 0 Å². The standard InChI is InChI=1S/C26H25FN4O2/c1-30(2)16-23(32)31(3)20-12-10-19(11-13-20)28-25(17-7-5-4-6-8-17)24-21-14-9-18(27)15-22(21)29-26(24)33/h4-15,28H,16H2,1-3H3,(H,29,33). The summed E-state index contributed by atoms with van der Waals surface area (Å²) in [5, 5.41) is 6.12. The van der Waals surface area contributed by atoms with E-state index in [1.165, 1.54) is 12.1 Å². The van der Waals surface area contributed by atoms with Crippen molar-refractivity contribution < 1.29 is 14.0 Å². The first kappa shape index (κ1) is 22.2. The first-order valence-corrected chi connectivity index (χ1v) is 10.5. The summed E-state index contributed by atoms with van der Waals surface area (Å²) < 4.78 is 13.7. The first-order valence-electron chi connectivity index (χ1n) is 10.5. The molecule has 0 bridgehead atoms. The molecule has 7 heteroatoms. The quantitative estimate of drug-likeness (QED) is 0.557. The molecule has 0 unspecified atom stereocenters. The fraction of sp³-hybridized carbons (Fsp3) is 0.154. The van der Waals surface area contributed by atoms with Crippen molar-refractivity contribution in [3.8, 4) is 0 Å². The molecule has 1 aliphatic heterocycles. The van der Waals surface area contributed by atoms with E-state index < -0.39 is 5.82 Å². The maximum atomic E-state index is 13.7. The molecule has 0 spiro atoms. The van der Waals surface area contributed by atoms with Crippen LogP contribution in [0.25, 0.3) is 11.3 Å². The van der Waals surface area contributed by atoms with Gasteiger partial charge in [0.2, 0.25) is 5.91 Å². The summed E-state index contributed by atoms with van der Waals surface area (Å²) in [6.45, 7) is 0.315. The summed E-state index contributed by atoms with van der Waals surface area (Å²) in [6.07, 6.45) is 0. The van der Waals surface area contributed by atoms with Crippen LogP contribution in [0, 0.1) is 5.82 Å². The van der Waals surface area contributed by atoms with E-state index in [0.29, 0.717) is 29.1 Å². The summed E-state index contributed by atoms with van der Waals surface area (Å²) in [6, 6.07) is 21.2. The van der Waals surface area contributed by atoms with Gasteiger partial charge >= 0.3 is 0 Å². The highest BCUT2D eigenvalue weighted by Crippen LogP contribution is 2.38. The number of anilines is 3. The SMILES string of the molecule is CN(C)CC(=O)N(C)c1ccc(NC(=C2C(=O)Nc3cc(F)ccc32)c2ccccc2)cc1. The zero-order chi connectivity index (χ0) is 23.5. The third kappa shape index (κ3) is 4.78. The highest BCUT2D eigenvalue weighted by Gasteiger charge is 2.28. The number of benzene rings is 3. The van der Waals surface area contributed by atoms with Crippen molar-refractivity contribution in [2.75, 3.05) is 43.2 Å². The molecule has 2 amide bonds. The number of likely N-dealkylation sites (N-methyl/N-ethyl adjacent to an activating group) is 2. The van der Waals surface area contributed by atoms with Crippen LogP contribution in [-0.4, -0.2) is 44.4 Å². The largest absolute Gasteiger partial charge is 0.354 e. The number of carbonyl (C=O) groups is 2. The second kappa shape index (κ2) is 9.26. The van der Waals surface area contributed by atoms with Crippen molar-refractivity contribution in [1.29, 1.82) is 0 Å². The summed E-state index contributed by atoms with van der Waals surface area (Å²) in [7, 11) is 5.44. The highest BCUT2D eigenvalue weighted by atomic mass is 19.1. The Labute approximate surface area is 192 Å². The number of nitrogens with zero attached hydrogens (tertiary/aromatic N) is 2. The van der Waals surface area contributed by atoms with E-state index in [1.54, 1.807) is 18.0 Å². The van der Waals surface area contributed by atoms with Gasteiger partial charge < -0.3 is 20.4 Å². The van der Waals surface area contributed by atoms with E-state index in [1.807, 2.05) is 73.6 Å². The lowest BCUT2D eigenvalue weighted by atomic mass is 10.00. The molecule has 168 valence electrons. The number of amides is 2. The van der Waals surface area contributed by atoms with Crippen LogP contribution in [0.3, 0.4) is 0 Å². The lowest BCUT2D eigenvalue weighted by Crippen LogP contribution is -2.34. The maximum Gasteiger partial charge on any atom is 0.258 e. The molecule has 33 heavy (non-hydrogen) atoms. The van der Waals surface area contributed by atoms with Gasteiger partial charge in [-0.1, -0.05) is 30.3 Å². The summed E-state index contributed by atoms with van der Waals surface area (Å²) >= 11 is 0. The molecule has 0 aliphatic carbocycles. The van der Waals surface area contributed by atoms with E-state index in [2.05, 4.69) is 10.6 Å². The number of hydrogen-bond acceptors (Lipinski definition) is 4. The Kier molecular flexibility index (Phi) is 6.24. The molecule has 4 rings (SSSR count). The van der Waals surface area contributed by atoms with Crippen molar-refractivity contribution >= 4 is 40.1 Å². The summed E-state index contributed by atoms with van der Waals surface area (Å²) in [5.41, 5.74) is 4.48. The molecule has 0 aromatic heterocycles. The highest BCUT2D eigenvalue weighted by molar-refractivity contribution is 6.37. The van der Waals surface area contributed by atoms with Gasteiger partial charge in [0.25, 0.3) is 5.91 Å². The van der Waals surface area contributed by atoms with E-state index in [9.17, 15) is 14.0 Å². The Balaban J connectivity index is 1.70. The van der Waals surface area contributed by atoms with Crippen molar-refractivity contribution in [3.05, 3.63) is 89.7 Å². The van der Waals surface area contributed by atoms with Crippen molar-refractivity contribution in [1.82, 2.24) is 4.90 Å². The van der Waals surface area contributed by atoms with Gasteiger partial charge in [0.15, 0.2) is 0 Å². The van der Waals surface area contributed by atoms with Gasteiger partial charge in [-0.25, -0.2) is 4.39 Å². The van der Waals surface area contributed by atoms with E-state index in [0.717, 1.165) is 16.9 Å². The van der Waals surface area contributed by atoms with Crippen molar-refractivity contribution in [3.63, 3.8) is 0 Å². The smallest absolute Gasteiger partial charge is 0.258 e. The molecule has 1 aliphatic rings. The molecule has 0 radical (unpaired) electrons. The predicted octanol–water partition coefficient (Wildman–Crippen LogP) is 4.28. The van der Waals surface area contributed by atoms with Gasteiger partial charge in [-0.3, -0.25) is 9.59 Å². The van der Waals surface area contributed by atoms with Gasteiger partial charge in [0.1, 0.15) is 5.82 Å². The number of halogens is 1. The lowest BCUT2D eigenvalue weighted by Gasteiger charge is -2.20. The summed E-state index contributed by atoms with van der Waals surface area (Å²) in [5.74, 6) is -0.722. The second-order valence-electron chi connectivity index (χ2n) is 8.12. The van der Waals surface area contributed by atoms with Crippen molar-refractivity contribution in [2.24, 2.45) is 0 Å². The fourth-order valence-electron chi connectivity index (χ4n) is 3.71.